The lowest BCUT2D eigenvalue weighted by Crippen LogP contribution is -2.15. The average Bonchev–Trinajstić information content (AvgIpc) is 2.73. The van der Waals surface area contributed by atoms with Crippen LogP contribution in [0.15, 0.2) is 48.3 Å². The summed E-state index contributed by atoms with van der Waals surface area (Å²) in [6, 6.07) is 7.72. The summed E-state index contributed by atoms with van der Waals surface area (Å²) in [4.78, 5) is 12.1. The first-order chi connectivity index (χ1) is 8.60. The minimum Gasteiger partial charge on any atom is -0.490 e. The zero-order valence-corrected chi connectivity index (χ0v) is 10.7. The number of carbonyl (C=O) groups is 1. The molecule has 1 aromatic rings. The highest BCUT2D eigenvalue weighted by Gasteiger charge is 2.25. The molecule has 18 heavy (non-hydrogen) atoms. The van der Waals surface area contributed by atoms with Gasteiger partial charge in [0.05, 0.1) is 5.57 Å². The summed E-state index contributed by atoms with van der Waals surface area (Å²) in [5, 5.41) is 2.88. The van der Waals surface area contributed by atoms with Gasteiger partial charge in [-0.15, -0.1) is 0 Å². The number of aryl methyl sites for hydroxylation is 1. The van der Waals surface area contributed by atoms with Crippen LogP contribution in [0.25, 0.3) is 0 Å². The van der Waals surface area contributed by atoms with Gasteiger partial charge in [0.25, 0.3) is 5.91 Å². The predicted molar refractivity (Wildman–Crippen MR) is 72.2 cm³/mol. The number of nitrogens with one attached hydrogen (secondary N) is 1. The summed E-state index contributed by atoms with van der Waals surface area (Å²) < 4.78 is 5.50. The largest absolute Gasteiger partial charge is 0.490 e. The molecule has 0 bridgehead atoms. The number of hydrogen-bond donors (Lipinski definition) is 1. The Morgan fingerprint density at radius 3 is 2.61 bits per heavy atom. The summed E-state index contributed by atoms with van der Waals surface area (Å²) in [7, 11) is 0. The van der Waals surface area contributed by atoms with E-state index in [4.69, 9.17) is 4.74 Å². The van der Waals surface area contributed by atoms with Gasteiger partial charge in [0.15, 0.2) is 0 Å². The Bertz CT molecular complexity index is 500. The van der Waals surface area contributed by atoms with Crippen LogP contribution in [0.5, 0.6) is 0 Å². The summed E-state index contributed by atoms with van der Waals surface area (Å²) in [5.74, 6) is 0.588. The molecule has 1 aliphatic rings. The molecule has 2 rings (SSSR count). The number of allylic oxidation sites excluding steroid dienone is 1. The molecule has 0 saturated carbocycles. The van der Waals surface area contributed by atoms with Crippen molar-refractivity contribution in [2.45, 2.75) is 26.4 Å². The number of rotatable bonds is 3. The maximum absolute atomic E-state index is 12.1. The molecule has 1 heterocycles. The highest BCUT2D eigenvalue weighted by molar-refractivity contribution is 6.04. The molecule has 1 N–H and O–H groups in total. The van der Waals surface area contributed by atoms with Crippen molar-refractivity contribution in [1.29, 1.82) is 0 Å². The third-order valence-electron chi connectivity index (χ3n) is 3.00. The molecule has 0 spiro atoms. The molecule has 1 atom stereocenters. The summed E-state index contributed by atoms with van der Waals surface area (Å²) in [5.41, 5.74) is 2.66. The Kier molecular flexibility index (Phi) is 3.51. The molecule has 0 fully saturated rings. The van der Waals surface area contributed by atoms with Crippen LogP contribution in [-0.2, 0) is 9.53 Å². The smallest absolute Gasteiger partial charge is 0.255 e. The van der Waals surface area contributed by atoms with Crippen molar-refractivity contribution < 1.29 is 9.53 Å². The molecule has 1 aliphatic heterocycles. The van der Waals surface area contributed by atoms with Crippen LogP contribution in [0.4, 0.5) is 5.69 Å². The van der Waals surface area contributed by atoms with Crippen LogP contribution >= 0.6 is 0 Å². The number of hydrogen-bond acceptors (Lipinski definition) is 2. The summed E-state index contributed by atoms with van der Waals surface area (Å²) in [6.07, 6.45) is 2.23. The molecule has 1 unspecified atom stereocenters. The Balaban J connectivity index is 2.07. The molecule has 0 saturated heterocycles. The highest BCUT2D eigenvalue weighted by atomic mass is 16.5. The van der Waals surface area contributed by atoms with Gasteiger partial charge in [-0.2, -0.15) is 0 Å². The van der Waals surface area contributed by atoms with Crippen molar-refractivity contribution in [3.05, 3.63) is 53.8 Å². The van der Waals surface area contributed by atoms with Crippen LogP contribution in [0.3, 0.4) is 0 Å². The number of amides is 1. The third-order valence-corrected chi connectivity index (χ3v) is 3.00. The monoisotopic (exact) mass is 243 g/mol. The lowest BCUT2D eigenvalue weighted by molar-refractivity contribution is -0.113. The van der Waals surface area contributed by atoms with Gasteiger partial charge in [0, 0.05) is 12.1 Å². The Morgan fingerprint density at radius 1 is 1.39 bits per heavy atom. The number of ether oxygens (including phenoxy) is 1. The fraction of sp³-hybridized carbons (Fsp3) is 0.267. The van der Waals surface area contributed by atoms with Crippen LogP contribution in [-0.4, -0.2) is 12.0 Å². The summed E-state index contributed by atoms with van der Waals surface area (Å²) in [6.45, 7) is 7.51. The van der Waals surface area contributed by atoms with Crippen LogP contribution in [0.2, 0.25) is 0 Å². The first-order valence-corrected chi connectivity index (χ1v) is 5.97. The number of anilines is 1. The topological polar surface area (TPSA) is 38.3 Å². The van der Waals surface area contributed by atoms with Gasteiger partial charge in [-0.25, -0.2) is 0 Å². The second kappa shape index (κ2) is 5.08. The zero-order valence-electron chi connectivity index (χ0n) is 10.7. The molecule has 0 aliphatic carbocycles. The van der Waals surface area contributed by atoms with E-state index < -0.39 is 0 Å². The second-order valence-electron chi connectivity index (χ2n) is 4.45. The van der Waals surface area contributed by atoms with Crippen molar-refractivity contribution in [1.82, 2.24) is 0 Å². The van der Waals surface area contributed by atoms with Gasteiger partial charge in [0.1, 0.15) is 11.9 Å². The minimum atomic E-state index is -0.0966. The predicted octanol–water partition coefficient (Wildman–Crippen LogP) is 3.18. The molecular weight excluding hydrogens is 226 g/mol. The molecule has 1 amide bonds. The van der Waals surface area contributed by atoms with Crippen molar-refractivity contribution >= 4 is 11.6 Å². The molecule has 3 heteroatoms. The van der Waals surface area contributed by atoms with E-state index in [0.717, 1.165) is 5.69 Å². The van der Waals surface area contributed by atoms with Gasteiger partial charge in [-0.1, -0.05) is 30.4 Å². The van der Waals surface area contributed by atoms with E-state index in [1.54, 1.807) is 6.08 Å². The maximum atomic E-state index is 12.1. The lowest BCUT2D eigenvalue weighted by Gasteiger charge is -2.06. The van der Waals surface area contributed by atoms with Crippen molar-refractivity contribution in [3.8, 4) is 0 Å². The van der Waals surface area contributed by atoms with E-state index in [2.05, 4.69) is 11.9 Å². The average molecular weight is 243 g/mol. The van der Waals surface area contributed by atoms with E-state index >= 15 is 0 Å². The van der Waals surface area contributed by atoms with Crippen LogP contribution in [0.1, 0.15) is 18.9 Å². The van der Waals surface area contributed by atoms with Gasteiger partial charge in [-0.3, -0.25) is 4.79 Å². The fourth-order valence-corrected chi connectivity index (χ4v) is 1.91. The minimum absolute atomic E-state index is 0.0798. The fourth-order valence-electron chi connectivity index (χ4n) is 1.91. The Hall–Kier alpha value is -2.03. The lowest BCUT2D eigenvalue weighted by atomic mass is 10.1. The van der Waals surface area contributed by atoms with E-state index in [1.165, 1.54) is 5.56 Å². The molecule has 1 aromatic carbocycles. The molecule has 94 valence electrons. The van der Waals surface area contributed by atoms with Gasteiger partial charge in [0.2, 0.25) is 0 Å². The maximum Gasteiger partial charge on any atom is 0.255 e. The number of carbonyl (C=O) groups excluding carboxylic acids is 1. The van der Waals surface area contributed by atoms with Gasteiger partial charge in [-0.05, 0) is 26.0 Å². The van der Waals surface area contributed by atoms with Crippen molar-refractivity contribution in [2.24, 2.45) is 0 Å². The zero-order chi connectivity index (χ0) is 13.1. The Morgan fingerprint density at radius 2 is 2.06 bits per heavy atom. The van der Waals surface area contributed by atoms with E-state index in [-0.39, 0.29) is 12.0 Å². The summed E-state index contributed by atoms with van der Waals surface area (Å²) >= 11 is 0. The normalized spacial score (nSPS) is 18.4. The molecule has 3 nitrogen and oxygen atoms in total. The van der Waals surface area contributed by atoms with Gasteiger partial charge < -0.3 is 10.1 Å². The van der Waals surface area contributed by atoms with Gasteiger partial charge >= 0.3 is 0 Å². The third kappa shape index (κ3) is 2.62. The molecular formula is C15H17NO2. The highest BCUT2D eigenvalue weighted by Crippen LogP contribution is 2.26. The van der Waals surface area contributed by atoms with Crippen molar-refractivity contribution in [2.75, 3.05) is 5.32 Å². The quantitative estimate of drug-likeness (QED) is 0.828. The SMILES string of the molecule is C=CC1CC(C(=O)Nc2ccc(C)cc2)=C(C)O1. The molecule has 0 radical (unpaired) electrons. The standard InChI is InChI=1S/C15H17NO2/c1-4-13-9-14(11(3)18-13)15(17)16-12-7-5-10(2)6-8-12/h4-8,13H,1,9H2,2-3H3,(H,16,17). The molecule has 0 aromatic heterocycles. The number of benzene rings is 1. The van der Waals surface area contributed by atoms with Crippen LogP contribution < -0.4 is 5.32 Å². The van der Waals surface area contributed by atoms with E-state index in [0.29, 0.717) is 17.8 Å². The van der Waals surface area contributed by atoms with Crippen molar-refractivity contribution in [3.63, 3.8) is 0 Å². The van der Waals surface area contributed by atoms with E-state index in [9.17, 15) is 4.79 Å². The first-order valence-electron chi connectivity index (χ1n) is 5.97. The van der Waals surface area contributed by atoms with E-state index in [1.807, 2.05) is 38.1 Å². The first kappa shape index (κ1) is 12.4. The second-order valence-corrected chi connectivity index (χ2v) is 4.45. The van der Waals surface area contributed by atoms with Crippen LogP contribution in [0, 0.1) is 6.92 Å². The Labute approximate surface area is 107 Å².